The number of carbonyl (C=O) groups excluding carboxylic acids is 2. The summed E-state index contributed by atoms with van der Waals surface area (Å²) in [6.45, 7) is 4.28. The van der Waals surface area contributed by atoms with Crippen LogP contribution in [0.25, 0.3) is 0 Å². The summed E-state index contributed by atoms with van der Waals surface area (Å²) in [5.74, 6) is 0.0798. The number of halogens is 2. The van der Waals surface area contributed by atoms with E-state index in [1.165, 1.54) is 12.1 Å². The Hall–Kier alpha value is -2.60. The maximum Gasteiger partial charge on any atom is 0.255 e. The van der Waals surface area contributed by atoms with Gasteiger partial charge in [-0.05, 0) is 42.8 Å². The lowest BCUT2D eigenvalue weighted by Gasteiger charge is -2.35. The molecule has 0 aromatic heterocycles. The van der Waals surface area contributed by atoms with Crippen molar-refractivity contribution in [3.8, 4) is 5.75 Å². The highest BCUT2D eigenvalue weighted by atomic mass is 35.5. The number of piperazine rings is 1. The molecular formula is C21H22ClFN2O3. The lowest BCUT2D eigenvalue weighted by atomic mass is 10.1. The van der Waals surface area contributed by atoms with Crippen LogP contribution in [0.1, 0.15) is 22.8 Å². The van der Waals surface area contributed by atoms with Crippen LogP contribution in [0.2, 0.25) is 5.02 Å². The van der Waals surface area contributed by atoms with Crippen molar-refractivity contribution in [1.82, 2.24) is 9.80 Å². The summed E-state index contributed by atoms with van der Waals surface area (Å²) in [7, 11) is 0. The fraction of sp³-hybridized carbons (Fsp3) is 0.333. The number of amides is 2. The molecule has 1 saturated heterocycles. The Morgan fingerprint density at radius 2 is 1.68 bits per heavy atom. The summed E-state index contributed by atoms with van der Waals surface area (Å²) < 4.78 is 18.6. The van der Waals surface area contributed by atoms with Crippen molar-refractivity contribution >= 4 is 23.4 Å². The van der Waals surface area contributed by atoms with E-state index in [2.05, 4.69) is 0 Å². The van der Waals surface area contributed by atoms with Gasteiger partial charge in [0.15, 0.2) is 0 Å². The van der Waals surface area contributed by atoms with Gasteiger partial charge in [-0.3, -0.25) is 9.59 Å². The van der Waals surface area contributed by atoms with E-state index in [4.69, 9.17) is 16.3 Å². The molecule has 0 saturated carbocycles. The van der Waals surface area contributed by atoms with Crippen LogP contribution in [0.3, 0.4) is 0 Å². The van der Waals surface area contributed by atoms with Crippen molar-refractivity contribution in [1.29, 1.82) is 0 Å². The Kier molecular flexibility index (Phi) is 6.52. The molecule has 1 aliphatic rings. The standard InChI is InChI=1S/C21H22ClFN2O3/c1-2-28-17-6-3-15(4-7-17)13-20(26)24-9-11-25(12-10-24)21(27)18-8-5-16(23)14-19(18)22/h3-8,14H,2,9-13H2,1H3. The monoisotopic (exact) mass is 404 g/mol. The second-order valence-corrected chi connectivity index (χ2v) is 6.96. The predicted molar refractivity (Wildman–Crippen MR) is 105 cm³/mol. The molecule has 2 aromatic carbocycles. The van der Waals surface area contributed by atoms with Gasteiger partial charge in [0.2, 0.25) is 5.91 Å². The van der Waals surface area contributed by atoms with Gasteiger partial charge in [0, 0.05) is 26.2 Å². The Bertz CT molecular complexity index is 849. The summed E-state index contributed by atoms with van der Waals surface area (Å²) in [5.41, 5.74) is 1.20. The highest BCUT2D eigenvalue weighted by Crippen LogP contribution is 2.20. The molecule has 7 heteroatoms. The van der Waals surface area contributed by atoms with Crippen molar-refractivity contribution in [2.24, 2.45) is 0 Å². The van der Waals surface area contributed by atoms with Crippen LogP contribution in [0.15, 0.2) is 42.5 Å². The van der Waals surface area contributed by atoms with E-state index < -0.39 is 5.82 Å². The van der Waals surface area contributed by atoms with Crippen molar-refractivity contribution < 1.29 is 18.7 Å². The lowest BCUT2D eigenvalue weighted by molar-refractivity contribution is -0.131. The largest absolute Gasteiger partial charge is 0.494 e. The molecule has 0 atom stereocenters. The number of nitrogens with zero attached hydrogens (tertiary/aromatic N) is 2. The van der Waals surface area contributed by atoms with Crippen LogP contribution in [-0.4, -0.2) is 54.4 Å². The highest BCUT2D eigenvalue weighted by molar-refractivity contribution is 6.33. The third-order valence-electron chi connectivity index (χ3n) is 4.67. The Morgan fingerprint density at radius 1 is 1.04 bits per heavy atom. The van der Waals surface area contributed by atoms with Gasteiger partial charge >= 0.3 is 0 Å². The zero-order valence-corrected chi connectivity index (χ0v) is 16.4. The Balaban J connectivity index is 1.54. The third kappa shape index (κ3) is 4.81. The highest BCUT2D eigenvalue weighted by Gasteiger charge is 2.26. The average molecular weight is 405 g/mol. The van der Waals surface area contributed by atoms with Gasteiger partial charge < -0.3 is 14.5 Å². The number of rotatable bonds is 5. The fourth-order valence-electron chi connectivity index (χ4n) is 3.15. The van der Waals surface area contributed by atoms with Crippen molar-refractivity contribution in [2.45, 2.75) is 13.3 Å². The number of benzene rings is 2. The molecule has 28 heavy (non-hydrogen) atoms. The number of carbonyl (C=O) groups is 2. The van der Waals surface area contributed by atoms with Crippen molar-refractivity contribution in [2.75, 3.05) is 32.8 Å². The molecule has 1 fully saturated rings. The van der Waals surface area contributed by atoms with Crippen molar-refractivity contribution in [3.63, 3.8) is 0 Å². The van der Waals surface area contributed by atoms with Gasteiger partial charge in [0.1, 0.15) is 11.6 Å². The summed E-state index contributed by atoms with van der Waals surface area (Å²) in [6.07, 6.45) is 0.310. The quantitative estimate of drug-likeness (QED) is 0.767. The van der Waals surface area contributed by atoms with Gasteiger partial charge in [0.05, 0.1) is 23.6 Å². The molecule has 1 heterocycles. The Morgan fingerprint density at radius 3 is 2.29 bits per heavy atom. The van der Waals surface area contributed by atoms with E-state index in [1.54, 1.807) is 9.80 Å². The molecule has 5 nitrogen and oxygen atoms in total. The molecule has 0 unspecified atom stereocenters. The number of hydrogen-bond donors (Lipinski definition) is 0. The Labute approximate surface area is 168 Å². The summed E-state index contributed by atoms with van der Waals surface area (Å²) in [4.78, 5) is 28.5. The first kappa shape index (κ1) is 20.1. The van der Waals surface area contributed by atoms with E-state index in [0.717, 1.165) is 17.4 Å². The second-order valence-electron chi connectivity index (χ2n) is 6.55. The molecule has 2 amide bonds. The van der Waals surface area contributed by atoms with E-state index in [-0.39, 0.29) is 22.4 Å². The van der Waals surface area contributed by atoms with Crippen LogP contribution < -0.4 is 4.74 Å². The molecule has 1 aliphatic heterocycles. The molecule has 2 aromatic rings. The number of ether oxygens (including phenoxy) is 1. The molecule has 148 valence electrons. The van der Waals surface area contributed by atoms with Crippen LogP contribution in [0.5, 0.6) is 5.75 Å². The van der Waals surface area contributed by atoms with Gasteiger partial charge in [0.25, 0.3) is 5.91 Å². The fourth-order valence-corrected chi connectivity index (χ4v) is 3.40. The summed E-state index contributed by atoms with van der Waals surface area (Å²) >= 11 is 5.98. The smallest absolute Gasteiger partial charge is 0.255 e. The maximum absolute atomic E-state index is 13.2. The van der Waals surface area contributed by atoms with E-state index in [9.17, 15) is 14.0 Å². The number of hydrogen-bond acceptors (Lipinski definition) is 3. The first-order valence-electron chi connectivity index (χ1n) is 9.21. The van der Waals surface area contributed by atoms with Gasteiger partial charge in [-0.15, -0.1) is 0 Å². The van der Waals surface area contributed by atoms with Gasteiger partial charge in [-0.2, -0.15) is 0 Å². The average Bonchev–Trinajstić information content (AvgIpc) is 2.69. The molecule has 0 N–H and O–H groups in total. The normalized spacial score (nSPS) is 14.1. The molecule has 0 radical (unpaired) electrons. The third-order valence-corrected chi connectivity index (χ3v) is 4.98. The SMILES string of the molecule is CCOc1ccc(CC(=O)N2CCN(C(=O)c3ccc(F)cc3Cl)CC2)cc1. The topological polar surface area (TPSA) is 49.9 Å². The molecule has 3 rings (SSSR count). The van der Waals surface area contributed by atoms with Crippen LogP contribution in [0, 0.1) is 5.82 Å². The van der Waals surface area contributed by atoms with Crippen LogP contribution in [-0.2, 0) is 11.2 Å². The first-order valence-corrected chi connectivity index (χ1v) is 9.59. The van der Waals surface area contributed by atoms with Crippen LogP contribution in [0.4, 0.5) is 4.39 Å². The minimum Gasteiger partial charge on any atom is -0.494 e. The summed E-state index contributed by atoms with van der Waals surface area (Å²) in [6, 6.07) is 11.2. The summed E-state index contributed by atoms with van der Waals surface area (Å²) in [5, 5.41) is 0.0963. The van der Waals surface area contributed by atoms with Crippen molar-refractivity contribution in [3.05, 3.63) is 64.4 Å². The molecule has 0 aliphatic carbocycles. The molecule has 0 bridgehead atoms. The molecular weight excluding hydrogens is 383 g/mol. The van der Waals surface area contributed by atoms with E-state index in [0.29, 0.717) is 39.2 Å². The van der Waals surface area contributed by atoms with E-state index >= 15 is 0 Å². The van der Waals surface area contributed by atoms with Gasteiger partial charge in [-0.1, -0.05) is 23.7 Å². The zero-order chi connectivity index (χ0) is 20.1. The minimum atomic E-state index is -0.480. The minimum absolute atomic E-state index is 0.0241. The first-order chi connectivity index (χ1) is 13.5. The van der Waals surface area contributed by atoms with E-state index in [1.807, 2.05) is 31.2 Å². The predicted octanol–water partition coefficient (Wildman–Crippen LogP) is 3.40. The zero-order valence-electron chi connectivity index (χ0n) is 15.7. The second kappa shape index (κ2) is 9.06. The maximum atomic E-state index is 13.2. The van der Waals surface area contributed by atoms with Gasteiger partial charge in [-0.25, -0.2) is 4.39 Å². The lowest BCUT2D eigenvalue weighted by Crippen LogP contribution is -2.51. The molecule has 0 spiro atoms. The van der Waals surface area contributed by atoms with Crippen LogP contribution >= 0.6 is 11.6 Å².